The molecule has 0 spiro atoms. The summed E-state index contributed by atoms with van der Waals surface area (Å²) in [5, 5.41) is 10.1. The van der Waals surface area contributed by atoms with Crippen molar-refractivity contribution in [3.63, 3.8) is 0 Å². The van der Waals surface area contributed by atoms with Gasteiger partial charge < -0.3 is 4.42 Å². The van der Waals surface area contributed by atoms with E-state index in [9.17, 15) is 0 Å². The number of rotatable bonds is 5. The van der Waals surface area contributed by atoms with Gasteiger partial charge in [0.25, 0.3) is 0 Å². The number of hydrogen-bond acceptors (Lipinski definition) is 4. The molecule has 0 radical (unpaired) electrons. The Hall–Kier alpha value is -0.870. The molecule has 0 aliphatic heterocycles. The molecule has 0 saturated carbocycles. The summed E-state index contributed by atoms with van der Waals surface area (Å²) in [5.41, 5.74) is 0. The number of nitrogens with zero attached hydrogens (tertiary/aromatic N) is 2. The lowest BCUT2D eigenvalue weighted by molar-refractivity contribution is 0.528. The maximum atomic E-state index is 5.64. The van der Waals surface area contributed by atoms with E-state index < -0.39 is 0 Å². The molecule has 0 aliphatic rings. The van der Waals surface area contributed by atoms with Gasteiger partial charge in [-0.3, -0.25) is 0 Å². The molecule has 2 rings (SSSR count). The molecule has 2 aromatic rings. The Balaban J connectivity index is 2.11. The second-order valence-corrected chi connectivity index (χ2v) is 4.85. The Kier molecular flexibility index (Phi) is 3.96. The number of alkyl halides is 1. The van der Waals surface area contributed by atoms with Crippen LogP contribution in [0.4, 0.5) is 0 Å². The van der Waals surface area contributed by atoms with Crippen molar-refractivity contribution in [3.05, 3.63) is 22.9 Å². The monoisotopic (exact) mass is 256 g/mol. The Morgan fingerprint density at radius 3 is 2.94 bits per heavy atom. The van der Waals surface area contributed by atoms with E-state index in [-0.39, 0.29) is 0 Å². The van der Waals surface area contributed by atoms with Crippen LogP contribution in [-0.2, 0) is 12.8 Å². The van der Waals surface area contributed by atoms with Crippen LogP contribution in [0.1, 0.15) is 24.1 Å². The highest BCUT2D eigenvalue weighted by molar-refractivity contribution is 7.14. The Bertz CT molecular complexity index is 452. The zero-order chi connectivity index (χ0) is 11.4. The molecule has 0 bridgehead atoms. The third kappa shape index (κ3) is 2.62. The van der Waals surface area contributed by atoms with E-state index >= 15 is 0 Å². The number of furan rings is 1. The molecular weight excluding hydrogens is 244 g/mol. The molecule has 0 aliphatic carbocycles. The van der Waals surface area contributed by atoms with E-state index in [1.165, 1.54) is 0 Å². The Labute approximate surface area is 103 Å². The van der Waals surface area contributed by atoms with Gasteiger partial charge in [-0.15, -0.1) is 21.8 Å². The van der Waals surface area contributed by atoms with Crippen molar-refractivity contribution in [1.29, 1.82) is 0 Å². The normalized spacial score (nSPS) is 10.9. The third-order valence-corrected chi connectivity index (χ3v) is 3.48. The van der Waals surface area contributed by atoms with Crippen molar-refractivity contribution in [2.45, 2.75) is 26.2 Å². The molecule has 0 aromatic carbocycles. The number of halogens is 1. The molecule has 0 saturated heterocycles. The minimum atomic E-state index is 0.662. The lowest BCUT2D eigenvalue weighted by Crippen LogP contribution is -1.84. The van der Waals surface area contributed by atoms with Crippen LogP contribution in [0.15, 0.2) is 16.5 Å². The molecule has 2 aromatic heterocycles. The van der Waals surface area contributed by atoms with Gasteiger partial charge in [0.15, 0.2) is 10.8 Å². The fourth-order valence-corrected chi connectivity index (χ4v) is 2.33. The molecule has 2 heterocycles. The predicted octanol–water partition coefficient (Wildman–Crippen LogP) is 3.53. The Morgan fingerprint density at radius 1 is 1.38 bits per heavy atom. The Morgan fingerprint density at radius 2 is 2.25 bits per heavy atom. The zero-order valence-corrected chi connectivity index (χ0v) is 10.6. The summed E-state index contributed by atoms with van der Waals surface area (Å²) >= 11 is 7.21. The molecule has 0 unspecified atom stereocenters. The lowest BCUT2D eigenvalue weighted by atomic mass is 10.4. The SMILES string of the molecule is CCc1ccc(-c2nnc(CCCCl)s2)o1. The van der Waals surface area contributed by atoms with Crippen LogP contribution >= 0.6 is 22.9 Å². The van der Waals surface area contributed by atoms with Gasteiger partial charge in [-0.25, -0.2) is 0 Å². The molecule has 86 valence electrons. The van der Waals surface area contributed by atoms with Crippen molar-refractivity contribution < 1.29 is 4.42 Å². The topological polar surface area (TPSA) is 38.9 Å². The van der Waals surface area contributed by atoms with Gasteiger partial charge in [-0.2, -0.15) is 0 Å². The van der Waals surface area contributed by atoms with Crippen molar-refractivity contribution >= 4 is 22.9 Å². The first kappa shape index (κ1) is 11.6. The fraction of sp³-hybridized carbons (Fsp3) is 0.455. The average molecular weight is 257 g/mol. The highest BCUT2D eigenvalue weighted by atomic mass is 35.5. The van der Waals surface area contributed by atoms with Gasteiger partial charge >= 0.3 is 0 Å². The summed E-state index contributed by atoms with van der Waals surface area (Å²) < 4.78 is 5.62. The third-order valence-electron chi connectivity index (χ3n) is 2.21. The maximum Gasteiger partial charge on any atom is 0.183 e. The summed E-state index contributed by atoms with van der Waals surface area (Å²) in [5.74, 6) is 2.45. The smallest absolute Gasteiger partial charge is 0.183 e. The largest absolute Gasteiger partial charge is 0.459 e. The van der Waals surface area contributed by atoms with Crippen molar-refractivity contribution in [2.75, 3.05) is 5.88 Å². The van der Waals surface area contributed by atoms with Crippen molar-refractivity contribution in [3.8, 4) is 10.8 Å². The van der Waals surface area contributed by atoms with E-state index in [0.29, 0.717) is 5.88 Å². The van der Waals surface area contributed by atoms with Crippen molar-refractivity contribution in [2.24, 2.45) is 0 Å². The molecule has 0 atom stereocenters. The molecule has 16 heavy (non-hydrogen) atoms. The van der Waals surface area contributed by atoms with Crippen LogP contribution in [0.2, 0.25) is 0 Å². The number of aromatic nitrogens is 2. The average Bonchev–Trinajstić information content (AvgIpc) is 2.94. The minimum Gasteiger partial charge on any atom is -0.459 e. The molecular formula is C11H13ClN2OS. The molecule has 0 fully saturated rings. The van der Waals surface area contributed by atoms with E-state index in [1.807, 2.05) is 12.1 Å². The summed E-state index contributed by atoms with van der Waals surface area (Å²) in [7, 11) is 0. The first-order chi connectivity index (χ1) is 7.83. The van der Waals surface area contributed by atoms with E-state index in [4.69, 9.17) is 16.0 Å². The number of hydrogen-bond donors (Lipinski definition) is 0. The van der Waals surface area contributed by atoms with Crippen LogP contribution in [0, 0.1) is 0 Å². The van der Waals surface area contributed by atoms with Gasteiger partial charge in [0.1, 0.15) is 10.8 Å². The van der Waals surface area contributed by atoms with Gasteiger partial charge in [0.2, 0.25) is 0 Å². The standard InChI is InChI=1S/C11H13ClN2OS/c1-2-8-5-6-9(15-8)11-14-13-10(16-11)4-3-7-12/h5-6H,2-4,7H2,1H3. The second kappa shape index (κ2) is 5.46. The summed E-state index contributed by atoms with van der Waals surface area (Å²) in [6, 6.07) is 3.93. The van der Waals surface area contributed by atoms with Crippen molar-refractivity contribution in [1.82, 2.24) is 10.2 Å². The predicted molar refractivity (Wildman–Crippen MR) is 66.0 cm³/mol. The van der Waals surface area contributed by atoms with Crippen LogP contribution in [0.3, 0.4) is 0 Å². The highest BCUT2D eigenvalue weighted by Crippen LogP contribution is 2.26. The summed E-state index contributed by atoms with van der Waals surface area (Å²) in [4.78, 5) is 0. The molecule has 3 nitrogen and oxygen atoms in total. The molecule has 5 heteroatoms. The van der Waals surface area contributed by atoms with E-state index in [2.05, 4.69) is 17.1 Å². The first-order valence-corrected chi connectivity index (χ1v) is 6.66. The fourth-order valence-electron chi connectivity index (χ4n) is 1.36. The molecule has 0 N–H and O–H groups in total. The number of aryl methyl sites for hydroxylation is 2. The van der Waals surface area contributed by atoms with Gasteiger partial charge in [0.05, 0.1) is 0 Å². The van der Waals surface area contributed by atoms with E-state index in [0.717, 1.165) is 40.8 Å². The van der Waals surface area contributed by atoms with Gasteiger partial charge in [-0.1, -0.05) is 18.3 Å². The van der Waals surface area contributed by atoms with Crippen LogP contribution < -0.4 is 0 Å². The molecule has 0 amide bonds. The van der Waals surface area contributed by atoms with Gasteiger partial charge in [0, 0.05) is 18.7 Å². The van der Waals surface area contributed by atoms with Crippen LogP contribution in [0.5, 0.6) is 0 Å². The van der Waals surface area contributed by atoms with Gasteiger partial charge in [-0.05, 0) is 18.6 Å². The van der Waals surface area contributed by atoms with Crippen LogP contribution in [-0.4, -0.2) is 16.1 Å². The minimum absolute atomic E-state index is 0.662. The summed E-state index contributed by atoms with van der Waals surface area (Å²) in [6.45, 7) is 2.06. The quantitative estimate of drug-likeness (QED) is 0.768. The van der Waals surface area contributed by atoms with Crippen LogP contribution in [0.25, 0.3) is 10.8 Å². The van der Waals surface area contributed by atoms with E-state index in [1.54, 1.807) is 11.3 Å². The maximum absolute atomic E-state index is 5.64. The lowest BCUT2D eigenvalue weighted by Gasteiger charge is -1.89. The summed E-state index contributed by atoms with van der Waals surface area (Å²) in [6.07, 6.45) is 2.73. The second-order valence-electron chi connectivity index (χ2n) is 3.41. The highest BCUT2D eigenvalue weighted by Gasteiger charge is 2.10. The first-order valence-electron chi connectivity index (χ1n) is 5.31. The zero-order valence-electron chi connectivity index (χ0n) is 9.07.